The largest absolute Gasteiger partial charge is 0.464 e. The maximum Gasteiger partial charge on any atom is 0.416 e. The second-order valence-corrected chi connectivity index (χ2v) is 9.89. The summed E-state index contributed by atoms with van der Waals surface area (Å²) >= 11 is 1.20. The summed E-state index contributed by atoms with van der Waals surface area (Å²) in [5, 5.41) is 26.0. The summed E-state index contributed by atoms with van der Waals surface area (Å²) in [5.74, 6) is 0.0278. The maximum absolute atomic E-state index is 13.3. The van der Waals surface area contributed by atoms with E-state index >= 15 is 0 Å². The third kappa shape index (κ3) is 4.99. The fourth-order valence-corrected chi connectivity index (χ4v) is 5.54. The number of thiophene rings is 1. The van der Waals surface area contributed by atoms with Gasteiger partial charge in [-0.2, -0.15) is 13.2 Å². The van der Waals surface area contributed by atoms with Crippen molar-refractivity contribution in [2.75, 3.05) is 19.6 Å². The molecule has 9 heteroatoms. The van der Waals surface area contributed by atoms with Crippen LogP contribution >= 0.6 is 11.3 Å². The van der Waals surface area contributed by atoms with Gasteiger partial charge in [-0.05, 0) is 41.8 Å². The van der Waals surface area contributed by atoms with Gasteiger partial charge in [-0.1, -0.05) is 24.3 Å². The zero-order valence-electron chi connectivity index (χ0n) is 18.8. The first-order chi connectivity index (χ1) is 16.7. The average molecular weight is 503 g/mol. The molecule has 2 aromatic heterocycles. The number of piperidine rings is 1. The molecule has 0 spiro atoms. The van der Waals surface area contributed by atoms with Crippen LogP contribution in [0.2, 0.25) is 0 Å². The lowest BCUT2D eigenvalue weighted by Gasteiger charge is -2.39. The van der Waals surface area contributed by atoms with Gasteiger partial charge in [0.2, 0.25) is 0 Å². The molecule has 184 valence electrons. The molecule has 35 heavy (non-hydrogen) atoms. The SMILES string of the molecule is OC(CCN1CCC(O)(c2cncc3ccccc23)CC1)Oc1cc(C(F)(F)F)cc2sccc12. The summed E-state index contributed by atoms with van der Waals surface area (Å²) < 4.78 is 45.8. The molecule has 0 radical (unpaired) electrons. The topological polar surface area (TPSA) is 65.8 Å². The lowest BCUT2D eigenvalue weighted by atomic mass is 9.83. The van der Waals surface area contributed by atoms with Gasteiger partial charge in [-0.3, -0.25) is 4.98 Å². The van der Waals surface area contributed by atoms with Crippen molar-refractivity contribution < 1.29 is 28.1 Å². The van der Waals surface area contributed by atoms with Gasteiger partial charge in [0.15, 0.2) is 6.29 Å². The first-order valence-electron chi connectivity index (χ1n) is 11.4. The number of nitrogens with zero attached hydrogens (tertiary/aromatic N) is 2. The molecule has 2 N–H and O–H groups in total. The Bertz CT molecular complexity index is 1330. The van der Waals surface area contributed by atoms with Crippen LogP contribution < -0.4 is 4.74 Å². The average Bonchev–Trinajstić information content (AvgIpc) is 3.32. The molecule has 1 saturated heterocycles. The minimum absolute atomic E-state index is 0.0278. The molecule has 5 nitrogen and oxygen atoms in total. The van der Waals surface area contributed by atoms with Crippen molar-refractivity contribution in [1.82, 2.24) is 9.88 Å². The van der Waals surface area contributed by atoms with Crippen molar-refractivity contribution in [3.63, 3.8) is 0 Å². The number of hydrogen-bond acceptors (Lipinski definition) is 6. The minimum atomic E-state index is -4.49. The Morgan fingerprint density at radius 2 is 1.86 bits per heavy atom. The van der Waals surface area contributed by atoms with E-state index in [2.05, 4.69) is 9.88 Å². The van der Waals surface area contributed by atoms with E-state index in [-0.39, 0.29) is 12.2 Å². The number of likely N-dealkylation sites (tertiary alicyclic amines) is 1. The molecule has 4 aromatic rings. The maximum atomic E-state index is 13.3. The van der Waals surface area contributed by atoms with Crippen LogP contribution in [0.4, 0.5) is 13.2 Å². The normalized spacial score (nSPS) is 17.6. The molecule has 0 bridgehead atoms. The Labute approximate surface area is 204 Å². The second kappa shape index (κ2) is 9.39. The van der Waals surface area contributed by atoms with Crippen molar-refractivity contribution in [2.45, 2.75) is 37.3 Å². The number of ether oxygens (including phenoxy) is 1. The van der Waals surface area contributed by atoms with Gasteiger partial charge in [0, 0.05) is 59.5 Å². The monoisotopic (exact) mass is 502 g/mol. The van der Waals surface area contributed by atoms with E-state index in [0.717, 1.165) is 28.5 Å². The zero-order chi connectivity index (χ0) is 24.6. The standard InChI is InChI=1S/C26H25F3N2O3S/c27-26(28,29)18-13-22(20-6-12-35-23(20)14-18)34-24(32)5-9-31-10-7-25(33,8-11-31)21-16-30-15-17-3-1-2-4-19(17)21/h1-4,6,12-16,24,32-33H,5,7-11H2. The number of aliphatic hydroxyl groups is 2. The Morgan fingerprint density at radius 3 is 2.63 bits per heavy atom. The Kier molecular flexibility index (Phi) is 6.43. The van der Waals surface area contributed by atoms with Crippen LogP contribution in [0.3, 0.4) is 0 Å². The Morgan fingerprint density at radius 1 is 1.09 bits per heavy atom. The molecule has 1 unspecified atom stereocenters. The van der Waals surface area contributed by atoms with E-state index in [1.54, 1.807) is 23.8 Å². The first kappa shape index (κ1) is 24.0. The van der Waals surface area contributed by atoms with Crippen LogP contribution in [-0.2, 0) is 11.8 Å². The van der Waals surface area contributed by atoms with Gasteiger partial charge in [0.1, 0.15) is 5.75 Å². The molecular weight excluding hydrogens is 477 g/mol. The summed E-state index contributed by atoms with van der Waals surface area (Å²) in [6.07, 6.45) is -0.958. The quantitative estimate of drug-likeness (QED) is 0.339. The van der Waals surface area contributed by atoms with Crippen LogP contribution in [-0.4, -0.2) is 46.0 Å². The lowest BCUT2D eigenvalue weighted by Crippen LogP contribution is -2.43. The van der Waals surface area contributed by atoms with Crippen LogP contribution in [0.1, 0.15) is 30.4 Å². The Hall–Kier alpha value is -2.72. The molecule has 1 aliphatic heterocycles. The fraction of sp³-hybridized carbons (Fsp3) is 0.346. The predicted octanol–water partition coefficient (Wildman–Crippen LogP) is 5.54. The lowest BCUT2D eigenvalue weighted by molar-refractivity contribution is -0.137. The molecule has 0 amide bonds. The number of halogens is 3. The van der Waals surface area contributed by atoms with Gasteiger partial charge in [-0.15, -0.1) is 11.3 Å². The van der Waals surface area contributed by atoms with Gasteiger partial charge in [0.05, 0.1) is 11.2 Å². The molecule has 0 saturated carbocycles. The second-order valence-electron chi connectivity index (χ2n) is 8.95. The van der Waals surface area contributed by atoms with Crippen molar-refractivity contribution in [3.05, 3.63) is 71.4 Å². The van der Waals surface area contributed by atoms with Crippen molar-refractivity contribution in [2.24, 2.45) is 0 Å². The van der Waals surface area contributed by atoms with E-state index < -0.39 is 23.6 Å². The summed E-state index contributed by atoms with van der Waals surface area (Å²) in [6.45, 7) is 1.73. The van der Waals surface area contributed by atoms with E-state index in [0.29, 0.717) is 42.6 Å². The fourth-order valence-electron chi connectivity index (χ4n) is 4.70. The minimum Gasteiger partial charge on any atom is -0.464 e. The van der Waals surface area contributed by atoms with E-state index in [4.69, 9.17) is 4.74 Å². The third-order valence-corrected chi connectivity index (χ3v) is 7.53. The first-order valence-corrected chi connectivity index (χ1v) is 12.3. The van der Waals surface area contributed by atoms with Crippen molar-refractivity contribution in [3.8, 4) is 5.75 Å². The van der Waals surface area contributed by atoms with Crippen LogP contribution in [0, 0.1) is 0 Å². The van der Waals surface area contributed by atoms with Crippen LogP contribution in [0.25, 0.3) is 20.9 Å². The predicted molar refractivity (Wildman–Crippen MR) is 129 cm³/mol. The number of alkyl halides is 3. The molecule has 1 aliphatic rings. The van der Waals surface area contributed by atoms with E-state index in [1.165, 1.54) is 11.3 Å². The van der Waals surface area contributed by atoms with Crippen molar-refractivity contribution >= 4 is 32.2 Å². The number of hydrogen-bond donors (Lipinski definition) is 2. The van der Waals surface area contributed by atoms with Crippen LogP contribution in [0.15, 0.2) is 60.2 Å². The number of pyridine rings is 1. The molecule has 0 aliphatic carbocycles. The number of rotatable bonds is 6. The number of fused-ring (bicyclic) bond motifs is 2. The Balaban J connectivity index is 1.21. The van der Waals surface area contributed by atoms with E-state index in [1.807, 2.05) is 24.3 Å². The highest BCUT2D eigenvalue weighted by Gasteiger charge is 2.36. The van der Waals surface area contributed by atoms with Gasteiger partial charge >= 0.3 is 6.18 Å². The molecule has 1 fully saturated rings. The summed E-state index contributed by atoms with van der Waals surface area (Å²) in [7, 11) is 0. The van der Waals surface area contributed by atoms with Gasteiger partial charge in [-0.25, -0.2) is 0 Å². The van der Waals surface area contributed by atoms with Crippen LogP contribution in [0.5, 0.6) is 5.75 Å². The summed E-state index contributed by atoms with van der Waals surface area (Å²) in [4.78, 5) is 6.41. The molecule has 3 heterocycles. The summed E-state index contributed by atoms with van der Waals surface area (Å²) in [5.41, 5.74) is -0.960. The number of benzene rings is 2. The molecule has 2 aromatic carbocycles. The smallest absolute Gasteiger partial charge is 0.416 e. The highest BCUT2D eigenvalue weighted by atomic mass is 32.1. The van der Waals surface area contributed by atoms with Gasteiger partial charge in [0.25, 0.3) is 0 Å². The highest BCUT2D eigenvalue weighted by molar-refractivity contribution is 7.17. The third-order valence-electron chi connectivity index (χ3n) is 6.67. The molecule has 5 rings (SSSR count). The van der Waals surface area contributed by atoms with Gasteiger partial charge < -0.3 is 19.8 Å². The molecule has 1 atom stereocenters. The number of aromatic nitrogens is 1. The van der Waals surface area contributed by atoms with E-state index in [9.17, 15) is 23.4 Å². The highest BCUT2D eigenvalue weighted by Crippen LogP contribution is 2.39. The zero-order valence-corrected chi connectivity index (χ0v) is 19.6. The number of aliphatic hydroxyl groups excluding tert-OH is 1. The summed E-state index contributed by atoms with van der Waals surface area (Å²) in [6, 6.07) is 11.6. The van der Waals surface area contributed by atoms with Crippen molar-refractivity contribution in [1.29, 1.82) is 0 Å². The molecular formula is C26H25F3N2O3S.